The van der Waals surface area contributed by atoms with Crippen molar-refractivity contribution >= 4 is 11.6 Å². The van der Waals surface area contributed by atoms with Crippen LogP contribution in [-0.2, 0) is 4.79 Å². The highest BCUT2D eigenvalue weighted by Crippen LogP contribution is 2.42. The third-order valence-electron chi connectivity index (χ3n) is 3.65. The third-order valence-corrected chi connectivity index (χ3v) is 3.65. The molecule has 21 heavy (non-hydrogen) atoms. The summed E-state index contributed by atoms with van der Waals surface area (Å²) in [6.45, 7) is 2.90. The Morgan fingerprint density at radius 3 is 2.90 bits per heavy atom. The molecule has 1 aromatic carbocycles. The van der Waals surface area contributed by atoms with Crippen LogP contribution < -0.4 is 20.1 Å². The van der Waals surface area contributed by atoms with Crippen molar-refractivity contribution < 1.29 is 23.0 Å². The number of carbonyl (C=O) groups excluding carboxylic acids is 1. The highest BCUT2D eigenvalue weighted by Gasteiger charge is 2.43. The van der Waals surface area contributed by atoms with Crippen molar-refractivity contribution in [3.63, 3.8) is 0 Å². The molecule has 114 valence electrons. The minimum atomic E-state index is -3.65. The largest absolute Gasteiger partial charge is 0.586 e. The summed E-state index contributed by atoms with van der Waals surface area (Å²) < 4.78 is 34.5. The van der Waals surface area contributed by atoms with E-state index in [1.165, 1.54) is 18.2 Å². The number of alkyl halides is 2. The molecule has 0 bridgehead atoms. The number of carbonyl (C=O) groups is 1. The fraction of sp³-hybridized carbons (Fsp3) is 0.500. The van der Waals surface area contributed by atoms with Gasteiger partial charge in [-0.25, -0.2) is 0 Å². The van der Waals surface area contributed by atoms with E-state index >= 15 is 0 Å². The molecule has 5 nitrogen and oxygen atoms in total. The number of hydrogen-bond acceptors (Lipinski definition) is 4. The zero-order valence-electron chi connectivity index (χ0n) is 11.5. The number of anilines is 1. The first-order valence-corrected chi connectivity index (χ1v) is 6.87. The van der Waals surface area contributed by atoms with Gasteiger partial charge in [0.05, 0.1) is 6.04 Å². The van der Waals surface area contributed by atoms with Crippen LogP contribution >= 0.6 is 0 Å². The van der Waals surface area contributed by atoms with E-state index in [1.807, 2.05) is 0 Å². The zero-order valence-corrected chi connectivity index (χ0v) is 11.5. The molecule has 0 saturated carbocycles. The highest BCUT2D eigenvalue weighted by molar-refractivity contribution is 5.95. The van der Waals surface area contributed by atoms with Gasteiger partial charge in [0.1, 0.15) is 0 Å². The van der Waals surface area contributed by atoms with E-state index in [4.69, 9.17) is 0 Å². The number of nitrogens with one attached hydrogen (secondary N) is 2. The molecule has 2 unspecified atom stereocenters. The molecule has 0 radical (unpaired) electrons. The number of rotatable bonds is 2. The highest BCUT2D eigenvalue weighted by atomic mass is 19.3. The third kappa shape index (κ3) is 3.07. The first kappa shape index (κ1) is 14.1. The van der Waals surface area contributed by atoms with E-state index < -0.39 is 6.29 Å². The van der Waals surface area contributed by atoms with Crippen molar-refractivity contribution in [3.05, 3.63) is 18.2 Å². The van der Waals surface area contributed by atoms with Crippen molar-refractivity contribution in [2.75, 3.05) is 11.9 Å². The van der Waals surface area contributed by atoms with Gasteiger partial charge in [-0.15, -0.1) is 8.78 Å². The number of piperidine rings is 1. The lowest BCUT2D eigenvalue weighted by Gasteiger charge is -2.27. The maximum Gasteiger partial charge on any atom is 0.586 e. The maximum absolute atomic E-state index is 12.9. The van der Waals surface area contributed by atoms with Crippen LogP contribution in [0.1, 0.15) is 19.8 Å². The van der Waals surface area contributed by atoms with E-state index in [0.29, 0.717) is 11.6 Å². The molecule has 1 saturated heterocycles. The number of fused-ring (bicyclic) bond motifs is 1. The van der Waals surface area contributed by atoms with Gasteiger partial charge in [0.25, 0.3) is 0 Å². The molecule has 1 fully saturated rings. The van der Waals surface area contributed by atoms with Gasteiger partial charge in [0.2, 0.25) is 5.91 Å². The first-order chi connectivity index (χ1) is 9.93. The van der Waals surface area contributed by atoms with Crippen molar-refractivity contribution in [1.29, 1.82) is 0 Å². The molecule has 1 aromatic rings. The van der Waals surface area contributed by atoms with Crippen molar-refractivity contribution in [3.8, 4) is 11.5 Å². The van der Waals surface area contributed by atoms with Crippen LogP contribution in [0.25, 0.3) is 0 Å². The number of ether oxygens (including phenoxy) is 2. The van der Waals surface area contributed by atoms with Crippen LogP contribution in [0.2, 0.25) is 0 Å². The molecular weight excluding hydrogens is 282 g/mol. The van der Waals surface area contributed by atoms with Gasteiger partial charge >= 0.3 is 6.29 Å². The Morgan fingerprint density at radius 1 is 1.38 bits per heavy atom. The molecular formula is C14H16F2N2O3. The molecule has 0 spiro atoms. The molecule has 7 heteroatoms. The number of benzene rings is 1. The molecule has 2 atom stereocenters. The minimum Gasteiger partial charge on any atom is -0.395 e. The molecule has 2 aliphatic heterocycles. The topological polar surface area (TPSA) is 59.6 Å². The van der Waals surface area contributed by atoms with Crippen LogP contribution in [0, 0.1) is 5.92 Å². The van der Waals surface area contributed by atoms with Crippen LogP contribution in [0.4, 0.5) is 14.5 Å². The Morgan fingerprint density at radius 2 is 2.14 bits per heavy atom. The first-order valence-electron chi connectivity index (χ1n) is 6.87. The second-order valence-electron chi connectivity index (χ2n) is 5.45. The fourth-order valence-corrected chi connectivity index (χ4v) is 2.56. The lowest BCUT2D eigenvalue weighted by atomic mass is 9.94. The average Bonchev–Trinajstić information content (AvgIpc) is 2.72. The molecule has 2 aliphatic rings. The summed E-state index contributed by atoms with van der Waals surface area (Å²) in [5.74, 6) is 0.190. The number of halogens is 2. The fourth-order valence-electron chi connectivity index (χ4n) is 2.56. The second-order valence-corrected chi connectivity index (χ2v) is 5.45. The molecule has 2 heterocycles. The van der Waals surface area contributed by atoms with E-state index in [0.717, 1.165) is 19.4 Å². The minimum absolute atomic E-state index is 0.0394. The Hall–Kier alpha value is -1.89. The van der Waals surface area contributed by atoms with Crippen molar-refractivity contribution in [2.45, 2.75) is 32.1 Å². The number of hydrogen-bond donors (Lipinski definition) is 2. The molecule has 3 rings (SSSR count). The van der Waals surface area contributed by atoms with Gasteiger partial charge in [-0.05, 0) is 37.4 Å². The predicted molar refractivity (Wildman–Crippen MR) is 71.5 cm³/mol. The zero-order chi connectivity index (χ0) is 15.0. The standard InChI is InChI=1S/C14H16F2N2O3/c1-8-4-5-17-10(6-8)13(19)18-9-2-3-11-12(7-9)21-14(15,16)20-11/h2-3,7-8,10,17H,4-6H2,1H3,(H,18,19). The Bertz CT molecular complexity index is 565. The van der Waals surface area contributed by atoms with E-state index in [1.54, 1.807) is 0 Å². The summed E-state index contributed by atoms with van der Waals surface area (Å²) in [4.78, 5) is 12.1. The quantitative estimate of drug-likeness (QED) is 0.880. The maximum atomic E-state index is 12.9. The smallest absolute Gasteiger partial charge is 0.395 e. The molecule has 0 aromatic heterocycles. The van der Waals surface area contributed by atoms with Crippen LogP contribution in [0.15, 0.2) is 18.2 Å². The Kier molecular flexibility index (Phi) is 3.44. The second kappa shape index (κ2) is 5.14. The molecule has 0 aliphatic carbocycles. The van der Waals surface area contributed by atoms with Gasteiger partial charge in [0, 0.05) is 11.8 Å². The van der Waals surface area contributed by atoms with Gasteiger partial charge in [-0.1, -0.05) is 6.92 Å². The van der Waals surface area contributed by atoms with Gasteiger partial charge in [-0.2, -0.15) is 0 Å². The lowest BCUT2D eigenvalue weighted by molar-refractivity contribution is -0.286. The van der Waals surface area contributed by atoms with Crippen molar-refractivity contribution in [1.82, 2.24) is 5.32 Å². The Labute approximate surface area is 120 Å². The predicted octanol–water partition coefficient (Wildman–Crippen LogP) is 2.33. The van der Waals surface area contributed by atoms with E-state index in [2.05, 4.69) is 27.0 Å². The van der Waals surface area contributed by atoms with E-state index in [-0.39, 0.29) is 23.4 Å². The summed E-state index contributed by atoms with van der Waals surface area (Å²) >= 11 is 0. The summed E-state index contributed by atoms with van der Waals surface area (Å²) in [5.41, 5.74) is 0.403. The summed E-state index contributed by atoms with van der Waals surface area (Å²) in [6.07, 6.45) is -1.84. The van der Waals surface area contributed by atoms with Crippen molar-refractivity contribution in [2.24, 2.45) is 5.92 Å². The monoisotopic (exact) mass is 298 g/mol. The Balaban J connectivity index is 1.67. The van der Waals surface area contributed by atoms with Gasteiger partial charge in [0.15, 0.2) is 11.5 Å². The lowest BCUT2D eigenvalue weighted by Crippen LogP contribution is -2.45. The number of amides is 1. The normalized spacial score (nSPS) is 26.4. The average molecular weight is 298 g/mol. The summed E-state index contributed by atoms with van der Waals surface area (Å²) in [7, 11) is 0. The molecule has 1 amide bonds. The van der Waals surface area contributed by atoms with E-state index in [9.17, 15) is 13.6 Å². The van der Waals surface area contributed by atoms with Crippen LogP contribution in [0.5, 0.6) is 11.5 Å². The summed E-state index contributed by atoms with van der Waals surface area (Å²) in [5, 5.41) is 5.85. The SMILES string of the molecule is CC1CCNC(C(=O)Nc2ccc3c(c2)OC(F)(F)O3)C1. The van der Waals surface area contributed by atoms with Crippen LogP contribution in [0.3, 0.4) is 0 Å². The summed E-state index contributed by atoms with van der Waals surface area (Å²) in [6, 6.07) is 3.93. The van der Waals surface area contributed by atoms with Gasteiger partial charge < -0.3 is 20.1 Å². The van der Waals surface area contributed by atoms with Gasteiger partial charge in [-0.3, -0.25) is 4.79 Å². The molecule has 2 N–H and O–H groups in total. The van der Waals surface area contributed by atoms with Crippen LogP contribution in [-0.4, -0.2) is 24.8 Å².